The maximum absolute atomic E-state index is 13.1. The van der Waals surface area contributed by atoms with Gasteiger partial charge in [-0.1, -0.05) is 54.0 Å². The summed E-state index contributed by atoms with van der Waals surface area (Å²) < 4.78 is 11.7. The SMILES string of the molecule is C=C(C)C(=O)C(CC(C)C)NC(=O)C(CCS(C)=O)NC(=O)C(NC(=O)CCCCC)C(C)C. The van der Waals surface area contributed by atoms with Crippen molar-refractivity contribution in [1.82, 2.24) is 16.0 Å². The highest BCUT2D eigenvalue weighted by atomic mass is 32.2. The first-order chi connectivity index (χ1) is 15.8. The van der Waals surface area contributed by atoms with Crippen molar-refractivity contribution in [2.45, 2.75) is 98.2 Å². The predicted octanol–water partition coefficient (Wildman–Crippen LogP) is 2.64. The van der Waals surface area contributed by atoms with E-state index in [1.54, 1.807) is 6.92 Å². The Morgan fingerprint density at radius 2 is 1.50 bits per heavy atom. The minimum Gasteiger partial charge on any atom is -0.344 e. The predicted molar refractivity (Wildman–Crippen MR) is 138 cm³/mol. The van der Waals surface area contributed by atoms with Gasteiger partial charge in [0.25, 0.3) is 0 Å². The third kappa shape index (κ3) is 13.0. The molecule has 0 spiro atoms. The molecule has 8 nitrogen and oxygen atoms in total. The Bertz CT molecular complexity index is 736. The van der Waals surface area contributed by atoms with Crippen LogP contribution < -0.4 is 16.0 Å². The molecule has 0 saturated heterocycles. The zero-order valence-corrected chi connectivity index (χ0v) is 22.8. The monoisotopic (exact) mass is 499 g/mol. The van der Waals surface area contributed by atoms with E-state index in [0.717, 1.165) is 19.3 Å². The normalized spacial score (nSPS) is 14.7. The van der Waals surface area contributed by atoms with E-state index in [1.807, 2.05) is 34.6 Å². The molecule has 0 aromatic carbocycles. The Kier molecular flexibility index (Phi) is 15.6. The molecule has 0 fully saturated rings. The van der Waals surface area contributed by atoms with E-state index < -0.39 is 40.7 Å². The lowest BCUT2D eigenvalue weighted by Gasteiger charge is -2.27. The number of carbonyl (C=O) groups is 4. The van der Waals surface area contributed by atoms with E-state index in [2.05, 4.69) is 22.5 Å². The number of ketones is 1. The van der Waals surface area contributed by atoms with Gasteiger partial charge in [-0.15, -0.1) is 0 Å². The molecule has 0 bridgehead atoms. The number of nitrogens with one attached hydrogen (secondary N) is 3. The van der Waals surface area contributed by atoms with Crippen LogP contribution in [0.4, 0.5) is 0 Å². The summed E-state index contributed by atoms with van der Waals surface area (Å²) in [5.41, 5.74) is 0.340. The van der Waals surface area contributed by atoms with Gasteiger partial charge in [0.2, 0.25) is 17.7 Å². The zero-order valence-electron chi connectivity index (χ0n) is 22.0. The van der Waals surface area contributed by atoms with Crippen molar-refractivity contribution in [2.75, 3.05) is 12.0 Å². The molecule has 3 N–H and O–H groups in total. The summed E-state index contributed by atoms with van der Waals surface area (Å²) in [6, 6.07) is -2.54. The standard InChI is InChI=1S/C25H45N3O5S/c1-9-10-11-12-21(29)28-22(17(4)5)25(32)26-19(13-14-34(8)33)24(31)27-20(15-16(2)3)23(30)18(6)7/h16-17,19-20,22H,6,9-15H2,1-5,7-8H3,(H,26,32)(H,27,31)(H,28,29). The molecule has 0 aliphatic rings. The van der Waals surface area contributed by atoms with Gasteiger partial charge in [0.15, 0.2) is 5.78 Å². The fraction of sp³-hybridized carbons (Fsp3) is 0.760. The molecule has 3 amide bonds. The molecular weight excluding hydrogens is 454 g/mol. The van der Waals surface area contributed by atoms with E-state index in [9.17, 15) is 23.4 Å². The summed E-state index contributed by atoms with van der Waals surface area (Å²) in [5, 5.41) is 8.25. The van der Waals surface area contributed by atoms with Crippen LogP contribution >= 0.6 is 0 Å². The van der Waals surface area contributed by atoms with Crippen LogP contribution in [0.15, 0.2) is 12.2 Å². The number of amides is 3. The Morgan fingerprint density at radius 3 is 1.97 bits per heavy atom. The van der Waals surface area contributed by atoms with Crippen LogP contribution in [0.1, 0.15) is 80.1 Å². The molecule has 0 saturated carbocycles. The summed E-state index contributed by atoms with van der Waals surface area (Å²) in [4.78, 5) is 51.0. The molecular formula is C25H45N3O5S. The van der Waals surface area contributed by atoms with E-state index in [-0.39, 0.29) is 35.7 Å². The summed E-state index contributed by atoms with van der Waals surface area (Å²) >= 11 is 0. The van der Waals surface area contributed by atoms with Gasteiger partial charge in [0.05, 0.1) is 6.04 Å². The topological polar surface area (TPSA) is 121 Å². The Hall–Kier alpha value is -2.03. The highest BCUT2D eigenvalue weighted by Gasteiger charge is 2.31. The third-order valence-corrected chi connectivity index (χ3v) is 6.17. The average Bonchev–Trinajstić information content (AvgIpc) is 2.72. The summed E-state index contributed by atoms with van der Waals surface area (Å²) in [6.45, 7) is 14.9. The Balaban J connectivity index is 5.53. The number of hydrogen-bond donors (Lipinski definition) is 3. The summed E-state index contributed by atoms with van der Waals surface area (Å²) in [5.74, 6) is -1.30. The molecule has 4 atom stereocenters. The fourth-order valence-electron chi connectivity index (χ4n) is 3.40. The average molecular weight is 500 g/mol. The minimum absolute atomic E-state index is 0.144. The quantitative estimate of drug-likeness (QED) is 0.210. The van der Waals surface area contributed by atoms with Crippen molar-refractivity contribution < 1.29 is 23.4 Å². The van der Waals surface area contributed by atoms with Crippen LogP contribution in [0.2, 0.25) is 0 Å². The highest BCUT2D eigenvalue weighted by Crippen LogP contribution is 2.11. The van der Waals surface area contributed by atoms with Crippen LogP contribution in [0, 0.1) is 11.8 Å². The van der Waals surface area contributed by atoms with Gasteiger partial charge in [0, 0.05) is 29.2 Å². The number of rotatable bonds is 17. The first-order valence-electron chi connectivity index (χ1n) is 12.2. The van der Waals surface area contributed by atoms with Gasteiger partial charge in [0.1, 0.15) is 12.1 Å². The number of hydrogen-bond acceptors (Lipinski definition) is 5. The first kappa shape index (κ1) is 32.0. The Labute approximate surface area is 207 Å². The second-order valence-corrected chi connectivity index (χ2v) is 11.3. The fourth-order valence-corrected chi connectivity index (χ4v) is 3.97. The molecule has 0 rings (SSSR count). The van der Waals surface area contributed by atoms with Crippen LogP contribution in [0.3, 0.4) is 0 Å². The van der Waals surface area contributed by atoms with Crippen LogP contribution in [-0.4, -0.2) is 57.8 Å². The number of Topliss-reactive ketones (excluding diaryl/α,β-unsaturated/α-hetero) is 1. The molecule has 0 radical (unpaired) electrons. The van der Waals surface area contributed by atoms with Gasteiger partial charge in [-0.25, -0.2) is 0 Å². The zero-order chi connectivity index (χ0) is 26.4. The third-order valence-electron chi connectivity index (χ3n) is 5.36. The van der Waals surface area contributed by atoms with Gasteiger partial charge in [-0.05, 0) is 43.6 Å². The van der Waals surface area contributed by atoms with E-state index in [4.69, 9.17) is 0 Å². The van der Waals surface area contributed by atoms with Gasteiger partial charge in [-0.2, -0.15) is 0 Å². The second-order valence-electron chi connectivity index (χ2n) is 9.71. The van der Waals surface area contributed by atoms with Crippen molar-refractivity contribution >= 4 is 34.3 Å². The molecule has 4 unspecified atom stereocenters. The van der Waals surface area contributed by atoms with Crippen molar-refractivity contribution in [3.8, 4) is 0 Å². The van der Waals surface area contributed by atoms with Crippen LogP contribution in [0.25, 0.3) is 0 Å². The molecule has 196 valence electrons. The van der Waals surface area contributed by atoms with Gasteiger partial charge >= 0.3 is 0 Å². The smallest absolute Gasteiger partial charge is 0.243 e. The van der Waals surface area contributed by atoms with Crippen molar-refractivity contribution in [1.29, 1.82) is 0 Å². The molecule has 0 aliphatic heterocycles. The van der Waals surface area contributed by atoms with Crippen molar-refractivity contribution in [3.05, 3.63) is 12.2 Å². The Morgan fingerprint density at radius 1 is 0.912 bits per heavy atom. The van der Waals surface area contributed by atoms with Crippen LogP contribution in [-0.2, 0) is 30.0 Å². The van der Waals surface area contributed by atoms with Crippen molar-refractivity contribution in [2.24, 2.45) is 11.8 Å². The molecule has 0 heterocycles. The second kappa shape index (κ2) is 16.6. The van der Waals surface area contributed by atoms with E-state index in [1.165, 1.54) is 6.26 Å². The van der Waals surface area contributed by atoms with Gasteiger partial charge < -0.3 is 16.0 Å². The number of carbonyl (C=O) groups excluding carboxylic acids is 4. The minimum atomic E-state index is -1.17. The molecule has 9 heteroatoms. The maximum Gasteiger partial charge on any atom is 0.243 e. The highest BCUT2D eigenvalue weighted by molar-refractivity contribution is 7.84. The maximum atomic E-state index is 13.1. The number of unbranched alkanes of at least 4 members (excludes halogenated alkanes) is 2. The van der Waals surface area contributed by atoms with E-state index >= 15 is 0 Å². The molecule has 0 aromatic rings. The summed E-state index contributed by atoms with van der Waals surface area (Å²) in [7, 11) is -1.17. The van der Waals surface area contributed by atoms with Gasteiger partial charge in [-0.3, -0.25) is 23.4 Å². The lowest BCUT2D eigenvalue weighted by atomic mass is 9.96. The van der Waals surface area contributed by atoms with Crippen molar-refractivity contribution in [3.63, 3.8) is 0 Å². The first-order valence-corrected chi connectivity index (χ1v) is 13.9. The lowest BCUT2D eigenvalue weighted by molar-refractivity contribution is -0.134. The summed E-state index contributed by atoms with van der Waals surface area (Å²) in [6.07, 6.45) is 5.10. The van der Waals surface area contributed by atoms with E-state index in [0.29, 0.717) is 18.4 Å². The lowest BCUT2D eigenvalue weighted by Crippen LogP contribution is -2.57. The van der Waals surface area contributed by atoms with Crippen LogP contribution in [0.5, 0.6) is 0 Å². The molecule has 0 aromatic heterocycles. The molecule has 0 aliphatic carbocycles. The largest absolute Gasteiger partial charge is 0.344 e. The molecule has 34 heavy (non-hydrogen) atoms.